The van der Waals surface area contributed by atoms with E-state index in [4.69, 9.17) is 5.73 Å². The van der Waals surface area contributed by atoms with Crippen LogP contribution in [-0.4, -0.2) is 25.9 Å². The highest BCUT2D eigenvalue weighted by Crippen LogP contribution is 2.38. The van der Waals surface area contributed by atoms with Gasteiger partial charge < -0.3 is 5.73 Å². The standard InChI is InChI=1S/C20H15N3O6S2/c21-20-15-8-4-3-7-14(15)19(31(27,28)29)11-17(20)23-22-16-9-10-18(30(24,25)26)13-6-2-1-5-12(13)16/h1-11H,21H2,(H,24,25,26)(H,27,28,29). The fraction of sp³-hybridized carbons (Fsp3) is 0. The SMILES string of the molecule is Nc1c(N=Nc2ccc(S(=O)(=O)O)c3ccccc23)cc(S(=O)(=O)O)c2ccccc12. The summed E-state index contributed by atoms with van der Waals surface area (Å²) < 4.78 is 66.1. The van der Waals surface area contributed by atoms with Gasteiger partial charge in [0.15, 0.2) is 0 Å². The smallest absolute Gasteiger partial charge is 0.295 e. The molecule has 0 amide bonds. The van der Waals surface area contributed by atoms with E-state index >= 15 is 0 Å². The zero-order valence-electron chi connectivity index (χ0n) is 15.7. The minimum Gasteiger partial charge on any atom is -0.396 e. The summed E-state index contributed by atoms with van der Waals surface area (Å²) in [5, 5.41) is 9.42. The largest absolute Gasteiger partial charge is 0.396 e. The Kier molecular flexibility index (Phi) is 4.98. The van der Waals surface area contributed by atoms with Crippen LogP contribution in [0.2, 0.25) is 0 Å². The summed E-state index contributed by atoms with van der Waals surface area (Å²) in [6.07, 6.45) is 0. The van der Waals surface area contributed by atoms with Crippen LogP contribution in [0.5, 0.6) is 0 Å². The number of benzene rings is 4. The van der Waals surface area contributed by atoms with Crippen LogP contribution in [0.3, 0.4) is 0 Å². The topological polar surface area (TPSA) is 159 Å². The molecule has 0 atom stereocenters. The molecule has 31 heavy (non-hydrogen) atoms. The van der Waals surface area contributed by atoms with Crippen LogP contribution in [0.15, 0.2) is 86.7 Å². The van der Waals surface area contributed by atoms with Gasteiger partial charge in [-0.15, -0.1) is 10.2 Å². The first-order valence-electron chi connectivity index (χ1n) is 8.77. The van der Waals surface area contributed by atoms with Crippen LogP contribution in [-0.2, 0) is 20.2 Å². The van der Waals surface area contributed by atoms with Gasteiger partial charge in [0.25, 0.3) is 20.2 Å². The molecule has 0 aliphatic carbocycles. The third-order valence-corrected chi connectivity index (χ3v) is 6.51. The highest BCUT2D eigenvalue weighted by Gasteiger charge is 2.19. The van der Waals surface area contributed by atoms with Crippen LogP contribution >= 0.6 is 0 Å². The lowest BCUT2D eigenvalue weighted by molar-refractivity contribution is 0.482. The van der Waals surface area contributed by atoms with Gasteiger partial charge in [0.05, 0.1) is 11.4 Å². The number of nitrogens with zero attached hydrogens (tertiary/aromatic N) is 2. The summed E-state index contributed by atoms with van der Waals surface area (Å²) in [5.41, 5.74) is 6.58. The van der Waals surface area contributed by atoms with E-state index in [0.29, 0.717) is 10.8 Å². The fourth-order valence-corrected chi connectivity index (χ4v) is 4.73. The minimum atomic E-state index is -4.56. The number of fused-ring (bicyclic) bond motifs is 2. The number of nitrogen functional groups attached to an aromatic ring is 1. The molecule has 0 aliphatic rings. The van der Waals surface area contributed by atoms with E-state index < -0.39 is 20.2 Å². The molecule has 0 bridgehead atoms. The molecule has 158 valence electrons. The minimum absolute atomic E-state index is 0.00858. The van der Waals surface area contributed by atoms with Crippen molar-refractivity contribution >= 4 is 58.8 Å². The predicted molar refractivity (Wildman–Crippen MR) is 116 cm³/mol. The molecule has 4 N–H and O–H groups in total. The third-order valence-electron chi connectivity index (χ3n) is 4.71. The van der Waals surface area contributed by atoms with Crippen molar-refractivity contribution in [2.24, 2.45) is 10.2 Å². The van der Waals surface area contributed by atoms with Gasteiger partial charge >= 0.3 is 0 Å². The molecule has 11 heteroatoms. The zero-order chi connectivity index (χ0) is 22.4. The lowest BCUT2D eigenvalue weighted by Crippen LogP contribution is -2.01. The van der Waals surface area contributed by atoms with Crippen molar-refractivity contribution < 1.29 is 25.9 Å². The van der Waals surface area contributed by atoms with Gasteiger partial charge in [-0.3, -0.25) is 9.11 Å². The van der Waals surface area contributed by atoms with Gasteiger partial charge in [-0.1, -0.05) is 48.5 Å². The summed E-state index contributed by atoms with van der Waals surface area (Å²) in [6, 6.07) is 16.4. The van der Waals surface area contributed by atoms with Crippen LogP contribution in [0.1, 0.15) is 0 Å². The van der Waals surface area contributed by atoms with Gasteiger partial charge in [0, 0.05) is 21.5 Å². The van der Waals surface area contributed by atoms with E-state index in [2.05, 4.69) is 10.2 Å². The lowest BCUT2D eigenvalue weighted by Gasteiger charge is -2.09. The molecule has 0 fully saturated rings. The third kappa shape index (κ3) is 3.86. The number of nitrogens with two attached hydrogens (primary N) is 1. The van der Waals surface area contributed by atoms with Crippen molar-refractivity contribution in [1.29, 1.82) is 0 Å². The molecular weight excluding hydrogens is 442 g/mol. The Balaban J connectivity index is 1.93. The van der Waals surface area contributed by atoms with Crippen LogP contribution in [0, 0.1) is 0 Å². The number of hydrogen-bond acceptors (Lipinski definition) is 7. The molecule has 0 aliphatic heterocycles. The van der Waals surface area contributed by atoms with Crippen molar-refractivity contribution in [3.05, 3.63) is 66.7 Å². The van der Waals surface area contributed by atoms with Gasteiger partial charge in [0.1, 0.15) is 15.5 Å². The number of rotatable bonds is 4. The maximum Gasteiger partial charge on any atom is 0.295 e. The maximum atomic E-state index is 11.9. The second-order valence-electron chi connectivity index (χ2n) is 6.63. The summed E-state index contributed by atoms with van der Waals surface area (Å²) in [7, 11) is -9.01. The van der Waals surface area contributed by atoms with E-state index in [9.17, 15) is 25.9 Å². The maximum absolute atomic E-state index is 11.9. The van der Waals surface area contributed by atoms with Crippen molar-refractivity contribution in [3.63, 3.8) is 0 Å². The molecule has 4 aromatic rings. The first-order valence-corrected chi connectivity index (χ1v) is 11.6. The normalized spacial score (nSPS) is 12.7. The Bertz CT molecular complexity index is 1600. The Morgan fingerprint density at radius 2 is 1.10 bits per heavy atom. The highest BCUT2D eigenvalue weighted by atomic mass is 32.2. The first-order chi connectivity index (χ1) is 14.6. The van der Waals surface area contributed by atoms with Gasteiger partial charge in [0.2, 0.25) is 0 Å². The zero-order valence-corrected chi connectivity index (χ0v) is 17.3. The van der Waals surface area contributed by atoms with Crippen LogP contribution in [0.25, 0.3) is 21.5 Å². The molecule has 0 radical (unpaired) electrons. The quantitative estimate of drug-likeness (QED) is 0.231. The van der Waals surface area contributed by atoms with E-state index in [1.807, 2.05) is 0 Å². The molecular formula is C20H15N3O6S2. The number of azo groups is 1. The average molecular weight is 457 g/mol. The van der Waals surface area contributed by atoms with E-state index in [1.54, 1.807) is 36.4 Å². The Morgan fingerprint density at radius 1 is 0.613 bits per heavy atom. The van der Waals surface area contributed by atoms with E-state index in [0.717, 1.165) is 6.07 Å². The monoisotopic (exact) mass is 457 g/mol. The van der Waals surface area contributed by atoms with Crippen molar-refractivity contribution in [1.82, 2.24) is 0 Å². The molecule has 9 nitrogen and oxygen atoms in total. The average Bonchev–Trinajstić information content (AvgIpc) is 2.71. The van der Waals surface area contributed by atoms with Crippen molar-refractivity contribution in [2.75, 3.05) is 5.73 Å². The van der Waals surface area contributed by atoms with E-state index in [-0.39, 0.29) is 37.6 Å². The molecule has 0 spiro atoms. The second-order valence-corrected chi connectivity index (χ2v) is 9.41. The summed E-state index contributed by atoms with van der Waals surface area (Å²) >= 11 is 0. The first kappa shape index (κ1) is 20.9. The van der Waals surface area contributed by atoms with Gasteiger partial charge in [-0.05, 0) is 18.2 Å². The molecule has 0 saturated heterocycles. The fourth-order valence-electron chi connectivity index (χ4n) is 3.32. The molecule has 0 unspecified atom stereocenters. The van der Waals surface area contributed by atoms with Gasteiger partial charge in [-0.25, -0.2) is 0 Å². The highest BCUT2D eigenvalue weighted by molar-refractivity contribution is 7.86. The number of hydrogen-bond donors (Lipinski definition) is 3. The number of anilines is 1. The van der Waals surface area contributed by atoms with Crippen molar-refractivity contribution in [3.8, 4) is 0 Å². The van der Waals surface area contributed by atoms with Crippen LogP contribution < -0.4 is 5.73 Å². The Morgan fingerprint density at radius 3 is 1.68 bits per heavy atom. The lowest BCUT2D eigenvalue weighted by atomic mass is 10.1. The molecule has 0 aromatic heterocycles. The van der Waals surface area contributed by atoms with Gasteiger partial charge in [-0.2, -0.15) is 16.8 Å². The molecule has 0 heterocycles. The summed E-state index contributed by atoms with van der Waals surface area (Å²) in [6.45, 7) is 0. The molecule has 4 rings (SSSR count). The van der Waals surface area contributed by atoms with E-state index in [1.165, 1.54) is 24.3 Å². The summed E-state index contributed by atoms with van der Waals surface area (Å²) in [5.74, 6) is 0. The molecule has 4 aromatic carbocycles. The van der Waals surface area contributed by atoms with Crippen molar-refractivity contribution in [2.45, 2.75) is 9.79 Å². The molecule has 0 saturated carbocycles. The predicted octanol–water partition coefficient (Wildman–Crippen LogP) is 4.48. The second kappa shape index (κ2) is 7.39. The van der Waals surface area contributed by atoms with Crippen LogP contribution in [0.4, 0.5) is 17.1 Å². The Hall–Kier alpha value is -3.38. The Labute approximate surface area is 177 Å². The summed E-state index contributed by atoms with van der Waals surface area (Å²) in [4.78, 5) is -0.640.